The number of amides is 1. The Labute approximate surface area is 96.4 Å². The van der Waals surface area contributed by atoms with Crippen molar-refractivity contribution in [3.8, 4) is 0 Å². The van der Waals surface area contributed by atoms with Crippen LogP contribution in [0.1, 0.15) is 33.1 Å². The van der Waals surface area contributed by atoms with Gasteiger partial charge in [-0.2, -0.15) is 0 Å². The minimum atomic E-state index is -1.08. The zero-order valence-electron chi connectivity index (χ0n) is 10.2. The second kappa shape index (κ2) is 8.10. The highest BCUT2D eigenvalue weighted by Crippen LogP contribution is 2.10. The van der Waals surface area contributed by atoms with Crippen molar-refractivity contribution in [2.24, 2.45) is 0 Å². The monoisotopic (exact) mass is 231 g/mol. The third-order valence-corrected chi connectivity index (χ3v) is 2.54. The summed E-state index contributed by atoms with van der Waals surface area (Å²) in [6.07, 6.45) is 1.21. The van der Waals surface area contributed by atoms with Crippen LogP contribution in [-0.4, -0.2) is 48.2 Å². The third-order valence-electron chi connectivity index (χ3n) is 2.54. The maximum atomic E-state index is 11.7. The summed E-state index contributed by atoms with van der Waals surface area (Å²) in [6, 6.07) is 0.0991. The lowest BCUT2D eigenvalue weighted by Crippen LogP contribution is -2.42. The number of aliphatic carboxylic acids is 1. The van der Waals surface area contributed by atoms with Crippen LogP contribution in [0, 0.1) is 0 Å². The smallest absolute Gasteiger partial charge is 0.312 e. The number of carboxylic acids is 1. The standard InChI is InChI=1S/C11H21NO4/c1-4-9(5-2)12(6-7-16-3)10(13)8-11(14)15/h9H,4-8H2,1-3H3,(H,14,15). The van der Waals surface area contributed by atoms with E-state index in [9.17, 15) is 9.59 Å². The highest BCUT2D eigenvalue weighted by Gasteiger charge is 2.22. The van der Waals surface area contributed by atoms with Gasteiger partial charge in [0, 0.05) is 19.7 Å². The number of rotatable bonds is 8. The van der Waals surface area contributed by atoms with Crippen LogP contribution in [0.15, 0.2) is 0 Å². The van der Waals surface area contributed by atoms with E-state index in [0.29, 0.717) is 13.2 Å². The van der Waals surface area contributed by atoms with E-state index in [2.05, 4.69) is 0 Å². The molecule has 0 aromatic carbocycles. The van der Waals surface area contributed by atoms with Gasteiger partial charge in [-0.05, 0) is 12.8 Å². The number of ether oxygens (including phenoxy) is 1. The molecule has 0 bridgehead atoms. The number of nitrogens with zero attached hydrogens (tertiary/aromatic N) is 1. The van der Waals surface area contributed by atoms with E-state index in [4.69, 9.17) is 9.84 Å². The Morgan fingerprint density at radius 3 is 2.25 bits per heavy atom. The summed E-state index contributed by atoms with van der Waals surface area (Å²) in [4.78, 5) is 23.8. The number of carbonyl (C=O) groups excluding carboxylic acids is 1. The van der Waals surface area contributed by atoms with Gasteiger partial charge in [-0.15, -0.1) is 0 Å². The molecule has 0 aliphatic rings. The number of carbonyl (C=O) groups is 2. The molecule has 1 amide bonds. The van der Waals surface area contributed by atoms with E-state index in [0.717, 1.165) is 12.8 Å². The number of hydrogen-bond donors (Lipinski definition) is 1. The van der Waals surface area contributed by atoms with Gasteiger partial charge in [-0.3, -0.25) is 9.59 Å². The van der Waals surface area contributed by atoms with Crippen LogP contribution in [0.25, 0.3) is 0 Å². The highest BCUT2D eigenvalue weighted by molar-refractivity contribution is 5.93. The van der Waals surface area contributed by atoms with Gasteiger partial charge >= 0.3 is 5.97 Å². The van der Waals surface area contributed by atoms with Gasteiger partial charge in [0.1, 0.15) is 6.42 Å². The van der Waals surface area contributed by atoms with Crippen LogP contribution in [-0.2, 0) is 14.3 Å². The quantitative estimate of drug-likeness (QED) is 0.636. The zero-order valence-corrected chi connectivity index (χ0v) is 10.2. The van der Waals surface area contributed by atoms with E-state index < -0.39 is 12.4 Å². The lowest BCUT2D eigenvalue weighted by molar-refractivity contribution is -0.145. The molecule has 0 rings (SSSR count). The molecule has 0 radical (unpaired) electrons. The fraction of sp³-hybridized carbons (Fsp3) is 0.818. The van der Waals surface area contributed by atoms with Crippen LogP contribution in [0.2, 0.25) is 0 Å². The van der Waals surface area contributed by atoms with Gasteiger partial charge in [0.15, 0.2) is 0 Å². The lowest BCUT2D eigenvalue weighted by Gasteiger charge is -2.30. The molecule has 0 saturated heterocycles. The first-order chi connectivity index (χ1) is 7.56. The van der Waals surface area contributed by atoms with Crippen molar-refractivity contribution in [1.29, 1.82) is 0 Å². The molecule has 0 aromatic heterocycles. The van der Waals surface area contributed by atoms with Crippen LogP contribution in [0.5, 0.6) is 0 Å². The Morgan fingerprint density at radius 1 is 1.31 bits per heavy atom. The molecule has 0 aromatic rings. The predicted molar refractivity (Wildman–Crippen MR) is 60.2 cm³/mol. The topological polar surface area (TPSA) is 66.8 Å². The molecule has 0 atom stereocenters. The first kappa shape index (κ1) is 14.9. The van der Waals surface area contributed by atoms with Gasteiger partial charge in [-0.25, -0.2) is 0 Å². The number of methoxy groups -OCH3 is 1. The minimum Gasteiger partial charge on any atom is -0.481 e. The second-order valence-electron chi connectivity index (χ2n) is 3.62. The Morgan fingerprint density at radius 2 is 1.88 bits per heavy atom. The van der Waals surface area contributed by atoms with E-state index in [1.807, 2.05) is 13.8 Å². The molecule has 0 aliphatic carbocycles. The molecule has 0 spiro atoms. The summed E-state index contributed by atoms with van der Waals surface area (Å²) in [7, 11) is 1.56. The molecule has 0 fully saturated rings. The van der Waals surface area contributed by atoms with Crippen LogP contribution >= 0.6 is 0 Å². The van der Waals surface area contributed by atoms with E-state index >= 15 is 0 Å². The predicted octanol–water partition coefficient (Wildman–Crippen LogP) is 1.12. The van der Waals surface area contributed by atoms with Crippen molar-refractivity contribution in [2.75, 3.05) is 20.3 Å². The van der Waals surface area contributed by atoms with Crippen molar-refractivity contribution in [3.05, 3.63) is 0 Å². The fourth-order valence-corrected chi connectivity index (χ4v) is 1.66. The van der Waals surface area contributed by atoms with E-state index in [1.165, 1.54) is 0 Å². The molecule has 94 valence electrons. The Kier molecular flexibility index (Phi) is 7.54. The van der Waals surface area contributed by atoms with E-state index in [1.54, 1.807) is 12.0 Å². The van der Waals surface area contributed by atoms with Crippen molar-refractivity contribution in [2.45, 2.75) is 39.2 Å². The summed E-state index contributed by atoms with van der Waals surface area (Å²) in [5.41, 5.74) is 0. The highest BCUT2D eigenvalue weighted by atomic mass is 16.5. The molecule has 0 saturated carbocycles. The third kappa shape index (κ3) is 5.11. The summed E-state index contributed by atoms with van der Waals surface area (Å²) < 4.78 is 4.93. The summed E-state index contributed by atoms with van der Waals surface area (Å²) in [5.74, 6) is -1.42. The van der Waals surface area contributed by atoms with Gasteiger partial charge in [-0.1, -0.05) is 13.8 Å². The first-order valence-electron chi connectivity index (χ1n) is 5.56. The molecule has 16 heavy (non-hydrogen) atoms. The normalized spacial score (nSPS) is 10.5. The Hall–Kier alpha value is -1.10. The SMILES string of the molecule is CCC(CC)N(CCOC)C(=O)CC(=O)O. The van der Waals surface area contributed by atoms with Crippen molar-refractivity contribution >= 4 is 11.9 Å². The molecule has 0 aliphatic heterocycles. The molecular formula is C11H21NO4. The average molecular weight is 231 g/mol. The van der Waals surface area contributed by atoms with Gasteiger partial charge in [0.25, 0.3) is 0 Å². The first-order valence-corrected chi connectivity index (χ1v) is 5.56. The Bertz CT molecular complexity index is 226. The summed E-state index contributed by atoms with van der Waals surface area (Å²) in [5, 5.41) is 8.61. The summed E-state index contributed by atoms with van der Waals surface area (Å²) >= 11 is 0. The van der Waals surface area contributed by atoms with Crippen LogP contribution in [0.4, 0.5) is 0 Å². The molecular weight excluding hydrogens is 210 g/mol. The van der Waals surface area contributed by atoms with Crippen LogP contribution < -0.4 is 0 Å². The zero-order chi connectivity index (χ0) is 12.6. The molecule has 1 N–H and O–H groups in total. The largest absolute Gasteiger partial charge is 0.481 e. The van der Waals surface area contributed by atoms with E-state index in [-0.39, 0.29) is 11.9 Å². The lowest BCUT2D eigenvalue weighted by atomic mass is 10.1. The summed E-state index contributed by atoms with van der Waals surface area (Å²) in [6.45, 7) is 4.86. The Balaban J connectivity index is 4.50. The maximum absolute atomic E-state index is 11.7. The van der Waals surface area contributed by atoms with Crippen LogP contribution in [0.3, 0.4) is 0 Å². The van der Waals surface area contributed by atoms with Crippen molar-refractivity contribution in [1.82, 2.24) is 4.90 Å². The minimum absolute atomic E-state index is 0.0991. The number of carboxylic acid groups (broad SMARTS) is 1. The molecule has 0 unspecified atom stereocenters. The van der Waals surface area contributed by atoms with Crippen molar-refractivity contribution < 1.29 is 19.4 Å². The molecule has 5 nitrogen and oxygen atoms in total. The van der Waals surface area contributed by atoms with Crippen molar-refractivity contribution in [3.63, 3.8) is 0 Å². The molecule has 5 heteroatoms. The molecule has 0 heterocycles. The number of hydrogen-bond acceptors (Lipinski definition) is 3. The fourth-order valence-electron chi connectivity index (χ4n) is 1.66. The maximum Gasteiger partial charge on any atom is 0.312 e. The van der Waals surface area contributed by atoms with Gasteiger partial charge in [0.2, 0.25) is 5.91 Å². The average Bonchev–Trinajstić information content (AvgIpc) is 2.23. The van der Waals surface area contributed by atoms with Gasteiger partial charge < -0.3 is 14.7 Å². The van der Waals surface area contributed by atoms with Gasteiger partial charge in [0.05, 0.1) is 6.61 Å². The second-order valence-corrected chi connectivity index (χ2v) is 3.62.